The first-order chi connectivity index (χ1) is 15.9. The fraction of sp³-hybridized carbons (Fsp3) is 0.417. The Morgan fingerprint density at radius 2 is 1.79 bits per heavy atom. The second-order valence-corrected chi connectivity index (χ2v) is 12.9. The van der Waals surface area contributed by atoms with E-state index >= 15 is 0 Å². The largest absolute Gasteiger partial charge is 0.481 e. The van der Waals surface area contributed by atoms with Crippen molar-refractivity contribution >= 4 is 39.5 Å². The van der Waals surface area contributed by atoms with Crippen molar-refractivity contribution in [2.75, 3.05) is 11.9 Å². The van der Waals surface area contributed by atoms with Gasteiger partial charge in [0.2, 0.25) is 5.91 Å². The maximum Gasteiger partial charge on any atom is 0.305 e. The Balaban J connectivity index is 2.16. The molecule has 1 aromatic carbocycles. The summed E-state index contributed by atoms with van der Waals surface area (Å²) < 4.78 is 0. The maximum absolute atomic E-state index is 12.8. The lowest BCUT2D eigenvalue weighted by molar-refractivity contribution is -0.137. The van der Waals surface area contributed by atoms with Crippen molar-refractivity contribution < 1.29 is 19.5 Å². The molecular weight excluding hydrogens is 454 g/mol. The minimum Gasteiger partial charge on any atom is -0.481 e. The first kappa shape index (κ1) is 27.0. The summed E-state index contributed by atoms with van der Waals surface area (Å²) in [5.74, 6) is -2.20. The van der Waals surface area contributed by atoms with E-state index in [-0.39, 0.29) is 29.4 Å². The third-order valence-electron chi connectivity index (χ3n) is 5.72. The highest BCUT2D eigenvalue weighted by Gasteiger charge is 2.41. The number of guanidine groups is 1. The fourth-order valence-corrected chi connectivity index (χ4v) is 8.89. The van der Waals surface area contributed by atoms with E-state index in [0.29, 0.717) is 11.3 Å². The van der Waals surface area contributed by atoms with Crippen molar-refractivity contribution in [3.63, 3.8) is 0 Å². The quantitative estimate of drug-likeness (QED) is 0.219. The summed E-state index contributed by atoms with van der Waals surface area (Å²) in [5, 5.41) is 27.7. The van der Waals surface area contributed by atoms with Crippen molar-refractivity contribution in [1.29, 1.82) is 5.41 Å². The molecule has 10 heteroatoms. The summed E-state index contributed by atoms with van der Waals surface area (Å²) in [7, 11) is -1.46. The molecule has 1 aliphatic rings. The molecule has 0 bridgehead atoms. The molecule has 34 heavy (non-hydrogen) atoms. The van der Waals surface area contributed by atoms with Crippen LogP contribution in [0.25, 0.3) is 0 Å². The normalized spacial score (nSPS) is 16.3. The summed E-state index contributed by atoms with van der Waals surface area (Å²) in [4.78, 5) is 38.0. The number of carbonyl (C=O) groups excluding carboxylic acids is 2. The number of carbonyl (C=O) groups is 3. The first-order valence-corrected chi connectivity index (χ1v) is 12.9. The molecule has 1 atom stereocenters. The number of hydrogen-bond acceptors (Lipinski definition) is 4. The highest BCUT2D eigenvalue weighted by atomic mass is 32.3. The monoisotopic (exact) mass is 489 g/mol. The van der Waals surface area contributed by atoms with E-state index in [1.54, 1.807) is 18.2 Å². The van der Waals surface area contributed by atoms with Crippen LogP contribution in [-0.4, -0.2) is 51.9 Å². The molecule has 2 amide bonds. The van der Waals surface area contributed by atoms with Crippen LogP contribution >= 0.6 is 10.0 Å². The molecule has 0 fully saturated rings. The Bertz CT molecular complexity index is 1020. The number of amides is 2. The van der Waals surface area contributed by atoms with Gasteiger partial charge in [-0.25, -0.2) is 0 Å². The van der Waals surface area contributed by atoms with Gasteiger partial charge in [0.1, 0.15) is 0 Å². The topological polar surface area (TPSA) is 157 Å². The van der Waals surface area contributed by atoms with Crippen LogP contribution in [0.3, 0.4) is 0 Å². The van der Waals surface area contributed by atoms with Crippen LogP contribution in [0.5, 0.6) is 0 Å². The van der Waals surface area contributed by atoms with Crippen LogP contribution in [0.4, 0.5) is 5.69 Å². The zero-order chi connectivity index (χ0) is 25.6. The minimum atomic E-state index is -1.46. The van der Waals surface area contributed by atoms with Gasteiger partial charge in [0.15, 0.2) is 5.96 Å². The average molecular weight is 490 g/mol. The number of aliphatic carboxylic acids is 1. The molecule has 1 aromatic rings. The molecule has 0 aromatic heterocycles. The zero-order valence-corrected chi connectivity index (χ0v) is 21.1. The van der Waals surface area contributed by atoms with Crippen molar-refractivity contribution in [2.45, 2.75) is 57.6 Å². The SMILES string of the molecule is CC1=C(C(CC(=O)O)NC(=O)CNC(=O)c2cccc(NC(=N)N)c2)S(C(C)C)(C(C)C)C=C1. The van der Waals surface area contributed by atoms with Crippen LogP contribution in [-0.2, 0) is 9.59 Å². The van der Waals surface area contributed by atoms with Crippen LogP contribution < -0.4 is 21.7 Å². The summed E-state index contributed by atoms with van der Waals surface area (Å²) in [5.41, 5.74) is 7.08. The molecule has 1 unspecified atom stereocenters. The van der Waals surface area contributed by atoms with Gasteiger partial charge in [-0.1, -0.05) is 39.8 Å². The Kier molecular flexibility index (Phi) is 8.92. The Hall–Kier alpha value is -3.27. The molecule has 1 heterocycles. The zero-order valence-electron chi connectivity index (χ0n) is 20.3. The van der Waals surface area contributed by atoms with Crippen molar-refractivity contribution in [3.05, 3.63) is 51.8 Å². The van der Waals surface area contributed by atoms with E-state index in [4.69, 9.17) is 11.1 Å². The number of anilines is 1. The molecule has 7 N–H and O–H groups in total. The lowest BCUT2D eigenvalue weighted by Crippen LogP contribution is -2.45. The van der Waals surface area contributed by atoms with Gasteiger partial charge >= 0.3 is 5.97 Å². The number of rotatable bonds is 10. The Morgan fingerprint density at radius 1 is 1.15 bits per heavy atom. The third-order valence-corrected chi connectivity index (χ3v) is 10.8. The van der Waals surface area contributed by atoms with Gasteiger partial charge in [0.25, 0.3) is 5.91 Å². The van der Waals surface area contributed by atoms with E-state index in [2.05, 4.69) is 49.1 Å². The second-order valence-electron chi connectivity index (χ2n) is 8.73. The molecule has 0 aliphatic carbocycles. The van der Waals surface area contributed by atoms with Gasteiger partial charge in [0, 0.05) is 11.3 Å². The van der Waals surface area contributed by atoms with Gasteiger partial charge in [-0.05, 0) is 51.5 Å². The first-order valence-electron chi connectivity index (χ1n) is 11.1. The van der Waals surface area contributed by atoms with Crippen LogP contribution in [0.2, 0.25) is 0 Å². The molecule has 0 spiro atoms. The fourth-order valence-electron chi connectivity index (χ4n) is 4.32. The van der Waals surface area contributed by atoms with E-state index < -0.39 is 33.9 Å². The second kappa shape index (κ2) is 11.2. The minimum absolute atomic E-state index is 0.235. The predicted molar refractivity (Wildman–Crippen MR) is 138 cm³/mol. The summed E-state index contributed by atoms with van der Waals surface area (Å²) in [6.45, 7) is 10.2. The molecule has 0 radical (unpaired) electrons. The average Bonchev–Trinajstić information content (AvgIpc) is 3.09. The molecule has 9 nitrogen and oxygen atoms in total. The van der Waals surface area contributed by atoms with Gasteiger partial charge in [-0.3, -0.25) is 19.8 Å². The van der Waals surface area contributed by atoms with Gasteiger partial charge in [0.05, 0.1) is 19.0 Å². The van der Waals surface area contributed by atoms with Crippen molar-refractivity contribution in [3.8, 4) is 0 Å². The Labute approximate surface area is 202 Å². The number of carboxylic acids is 1. The Morgan fingerprint density at radius 3 is 2.35 bits per heavy atom. The number of hydrogen-bond donors (Lipinski definition) is 6. The van der Waals surface area contributed by atoms with Gasteiger partial charge < -0.3 is 26.8 Å². The number of benzene rings is 1. The standard InChI is InChI=1S/C24H35N5O4S/c1-14(2)34(15(3)4)10-9-16(5)22(34)19(12-21(31)32)29-20(30)13-27-23(33)17-7-6-8-18(11-17)28-24(25)26/h6-11,14-15,19H,12-13H2,1-5H3,(H,27,33)(H,29,30)(H,31,32)(H4,25,26,28). The third kappa shape index (κ3) is 6.19. The maximum atomic E-state index is 12.8. The molecule has 1 aliphatic heterocycles. The van der Waals surface area contributed by atoms with Crippen LogP contribution in [0.15, 0.2) is 46.2 Å². The van der Waals surface area contributed by atoms with Gasteiger partial charge in [-0.15, -0.1) is 0 Å². The smallest absolute Gasteiger partial charge is 0.305 e. The van der Waals surface area contributed by atoms with E-state index in [1.807, 2.05) is 13.0 Å². The van der Waals surface area contributed by atoms with E-state index in [9.17, 15) is 19.5 Å². The van der Waals surface area contributed by atoms with Crippen molar-refractivity contribution in [1.82, 2.24) is 10.6 Å². The van der Waals surface area contributed by atoms with E-state index in [1.165, 1.54) is 6.07 Å². The molecule has 0 saturated heterocycles. The summed E-state index contributed by atoms with van der Waals surface area (Å²) in [6, 6.07) is 5.72. The molecule has 186 valence electrons. The highest BCUT2D eigenvalue weighted by molar-refractivity contribution is 8.40. The molecular formula is C24H35N5O4S. The summed E-state index contributed by atoms with van der Waals surface area (Å²) in [6.07, 6.45) is 1.80. The summed E-state index contributed by atoms with van der Waals surface area (Å²) >= 11 is 0. The predicted octanol–water partition coefficient (Wildman–Crippen LogP) is 3.10. The molecule has 0 saturated carbocycles. The van der Waals surface area contributed by atoms with Crippen LogP contribution in [0.1, 0.15) is 51.4 Å². The number of nitrogens with one attached hydrogen (secondary N) is 4. The lowest BCUT2D eigenvalue weighted by atomic mass is 10.1. The van der Waals surface area contributed by atoms with Crippen LogP contribution in [0, 0.1) is 5.41 Å². The number of nitrogens with two attached hydrogens (primary N) is 1. The van der Waals surface area contributed by atoms with Crippen molar-refractivity contribution in [2.24, 2.45) is 5.73 Å². The lowest BCUT2D eigenvalue weighted by Gasteiger charge is -2.47. The number of allylic oxidation sites excluding steroid dienone is 2. The van der Waals surface area contributed by atoms with Gasteiger partial charge in [-0.2, -0.15) is 10.0 Å². The number of carboxylic acid groups (broad SMARTS) is 1. The highest BCUT2D eigenvalue weighted by Crippen LogP contribution is 2.68. The van der Waals surface area contributed by atoms with E-state index in [0.717, 1.165) is 10.5 Å². The molecule has 2 rings (SSSR count).